The van der Waals surface area contributed by atoms with E-state index in [4.69, 9.17) is 0 Å². The molecule has 1 atom stereocenters. The first kappa shape index (κ1) is 17.1. The largest absolute Gasteiger partial charge is 0.376 e. The fourth-order valence-electron chi connectivity index (χ4n) is 2.39. The summed E-state index contributed by atoms with van der Waals surface area (Å²) in [4.78, 5) is 12.1. The summed E-state index contributed by atoms with van der Waals surface area (Å²) in [6.45, 7) is 8.83. The summed E-state index contributed by atoms with van der Waals surface area (Å²) in [5, 5.41) is 6.17. The maximum atomic E-state index is 12.1. The third-order valence-corrected chi connectivity index (χ3v) is 3.88. The fourth-order valence-corrected chi connectivity index (χ4v) is 2.39. The third-order valence-electron chi connectivity index (χ3n) is 3.88. The van der Waals surface area contributed by atoms with Crippen LogP contribution in [0.1, 0.15) is 44.9 Å². The summed E-state index contributed by atoms with van der Waals surface area (Å²) in [6.07, 6.45) is 0. The van der Waals surface area contributed by atoms with Crippen LogP contribution in [-0.4, -0.2) is 12.5 Å². The predicted molar refractivity (Wildman–Crippen MR) is 96.6 cm³/mol. The zero-order valence-corrected chi connectivity index (χ0v) is 14.4. The van der Waals surface area contributed by atoms with E-state index in [-0.39, 0.29) is 23.9 Å². The predicted octanol–water partition coefficient (Wildman–Crippen LogP) is 4.27. The van der Waals surface area contributed by atoms with Gasteiger partial charge in [-0.25, -0.2) is 0 Å². The molecule has 0 spiro atoms. The van der Waals surface area contributed by atoms with E-state index < -0.39 is 0 Å². The van der Waals surface area contributed by atoms with Crippen LogP contribution in [0.2, 0.25) is 0 Å². The molecule has 0 aromatic heterocycles. The summed E-state index contributed by atoms with van der Waals surface area (Å²) in [5.74, 6) is -0.0127. The normalized spacial score (nSPS) is 12.5. The minimum absolute atomic E-state index is 0.00812. The van der Waals surface area contributed by atoms with E-state index in [2.05, 4.69) is 43.5 Å². The molecule has 0 heterocycles. The number of hydrogen-bond donors (Lipinski definition) is 2. The average Bonchev–Trinajstić information content (AvgIpc) is 2.53. The topological polar surface area (TPSA) is 41.1 Å². The number of carbonyl (C=O) groups excluding carboxylic acids is 1. The first-order valence-corrected chi connectivity index (χ1v) is 8.05. The lowest BCUT2D eigenvalue weighted by Gasteiger charge is -2.19. The first-order valence-electron chi connectivity index (χ1n) is 8.05. The second kappa shape index (κ2) is 7.32. The molecule has 1 unspecified atom stereocenters. The van der Waals surface area contributed by atoms with Crippen molar-refractivity contribution in [2.45, 2.75) is 39.2 Å². The highest BCUT2D eigenvalue weighted by atomic mass is 16.1. The van der Waals surface area contributed by atoms with Crippen molar-refractivity contribution in [2.24, 2.45) is 0 Å². The molecule has 2 rings (SSSR count). The number of rotatable bonds is 5. The van der Waals surface area contributed by atoms with Gasteiger partial charge in [-0.3, -0.25) is 4.79 Å². The van der Waals surface area contributed by atoms with Crippen molar-refractivity contribution in [1.29, 1.82) is 0 Å². The van der Waals surface area contributed by atoms with Crippen molar-refractivity contribution in [3.63, 3.8) is 0 Å². The Morgan fingerprint density at radius 1 is 1.00 bits per heavy atom. The molecule has 1 amide bonds. The molecule has 0 radical (unpaired) electrons. The van der Waals surface area contributed by atoms with Gasteiger partial charge in [-0.15, -0.1) is 0 Å². The van der Waals surface area contributed by atoms with E-state index in [9.17, 15) is 4.79 Å². The van der Waals surface area contributed by atoms with Gasteiger partial charge in [0, 0.05) is 5.69 Å². The molecule has 0 aliphatic carbocycles. The van der Waals surface area contributed by atoms with Crippen LogP contribution in [0.15, 0.2) is 54.6 Å². The Labute approximate surface area is 139 Å². The molecule has 3 nitrogen and oxygen atoms in total. The number of anilines is 1. The van der Waals surface area contributed by atoms with Crippen molar-refractivity contribution in [3.05, 3.63) is 65.7 Å². The molecule has 122 valence electrons. The molecule has 0 aliphatic rings. The van der Waals surface area contributed by atoms with Crippen LogP contribution in [0.3, 0.4) is 0 Å². The van der Waals surface area contributed by atoms with Crippen LogP contribution < -0.4 is 10.6 Å². The Morgan fingerprint density at radius 3 is 2.17 bits per heavy atom. The van der Waals surface area contributed by atoms with Gasteiger partial charge < -0.3 is 10.6 Å². The highest BCUT2D eigenvalue weighted by Gasteiger charge is 2.13. The Hall–Kier alpha value is -2.29. The zero-order valence-electron chi connectivity index (χ0n) is 14.4. The smallest absolute Gasteiger partial charge is 0.239 e. The van der Waals surface area contributed by atoms with Crippen molar-refractivity contribution in [3.8, 4) is 0 Å². The standard InChI is InChI=1S/C20H26N2O/c1-15(16-8-6-5-7-9-16)22-19(23)14-21-18-12-10-17(11-13-18)20(2,3)4/h5-13,15,21H,14H2,1-4H3,(H,22,23). The van der Waals surface area contributed by atoms with Gasteiger partial charge in [0.2, 0.25) is 5.91 Å². The molecule has 0 bridgehead atoms. The molecule has 2 aromatic rings. The summed E-state index contributed by atoms with van der Waals surface area (Å²) in [6, 6.07) is 18.2. The van der Waals surface area contributed by atoms with E-state index in [0.29, 0.717) is 0 Å². The first-order chi connectivity index (χ1) is 10.9. The third kappa shape index (κ3) is 5.13. The molecule has 2 N–H and O–H groups in total. The molecule has 0 fully saturated rings. The van der Waals surface area contributed by atoms with Gasteiger partial charge in [0.15, 0.2) is 0 Å². The van der Waals surface area contributed by atoms with Crippen molar-refractivity contribution in [1.82, 2.24) is 5.32 Å². The van der Waals surface area contributed by atoms with E-state index in [1.807, 2.05) is 49.4 Å². The van der Waals surface area contributed by atoms with E-state index >= 15 is 0 Å². The highest BCUT2D eigenvalue weighted by molar-refractivity contribution is 5.81. The van der Waals surface area contributed by atoms with Crippen LogP contribution in [0.5, 0.6) is 0 Å². The number of nitrogens with one attached hydrogen (secondary N) is 2. The summed E-state index contributed by atoms with van der Waals surface area (Å²) in [7, 11) is 0. The van der Waals surface area contributed by atoms with Crippen LogP contribution in [0.4, 0.5) is 5.69 Å². The molecule has 2 aromatic carbocycles. The van der Waals surface area contributed by atoms with Crippen LogP contribution in [-0.2, 0) is 10.2 Å². The van der Waals surface area contributed by atoms with E-state index in [1.165, 1.54) is 5.56 Å². The van der Waals surface area contributed by atoms with Gasteiger partial charge in [-0.05, 0) is 35.6 Å². The Morgan fingerprint density at radius 2 is 1.61 bits per heavy atom. The Balaban J connectivity index is 1.85. The van der Waals surface area contributed by atoms with Gasteiger partial charge in [-0.2, -0.15) is 0 Å². The minimum Gasteiger partial charge on any atom is -0.376 e. The quantitative estimate of drug-likeness (QED) is 0.865. The lowest BCUT2D eigenvalue weighted by atomic mass is 9.87. The summed E-state index contributed by atoms with van der Waals surface area (Å²) >= 11 is 0. The average molecular weight is 310 g/mol. The number of carbonyl (C=O) groups is 1. The number of hydrogen-bond acceptors (Lipinski definition) is 2. The van der Waals surface area contributed by atoms with Crippen LogP contribution >= 0.6 is 0 Å². The summed E-state index contributed by atoms with van der Waals surface area (Å²) in [5.41, 5.74) is 3.49. The summed E-state index contributed by atoms with van der Waals surface area (Å²) < 4.78 is 0. The van der Waals surface area contributed by atoms with Gasteiger partial charge >= 0.3 is 0 Å². The lowest BCUT2D eigenvalue weighted by Crippen LogP contribution is -2.32. The monoisotopic (exact) mass is 310 g/mol. The van der Waals surface area contributed by atoms with Crippen molar-refractivity contribution < 1.29 is 4.79 Å². The van der Waals surface area contributed by atoms with Gasteiger partial charge in [0.05, 0.1) is 12.6 Å². The molecular formula is C20H26N2O. The van der Waals surface area contributed by atoms with E-state index in [0.717, 1.165) is 11.3 Å². The minimum atomic E-state index is -0.0127. The SMILES string of the molecule is CC(NC(=O)CNc1ccc(C(C)(C)C)cc1)c1ccccc1. The Bertz CT molecular complexity index is 627. The van der Waals surface area contributed by atoms with Crippen LogP contribution in [0, 0.1) is 0 Å². The van der Waals surface area contributed by atoms with Gasteiger partial charge in [0.25, 0.3) is 0 Å². The molecule has 0 saturated carbocycles. The second-order valence-corrected chi connectivity index (χ2v) is 6.88. The van der Waals surface area contributed by atoms with Crippen molar-refractivity contribution >= 4 is 11.6 Å². The molecule has 0 aliphatic heterocycles. The van der Waals surface area contributed by atoms with Gasteiger partial charge in [-0.1, -0.05) is 63.2 Å². The molecule has 0 saturated heterocycles. The zero-order chi connectivity index (χ0) is 16.9. The maximum Gasteiger partial charge on any atom is 0.239 e. The number of benzene rings is 2. The lowest BCUT2D eigenvalue weighted by molar-refractivity contribution is -0.120. The Kier molecular flexibility index (Phi) is 5.43. The maximum absolute atomic E-state index is 12.1. The highest BCUT2D eigenvalue weighted by Crippen LogP contribution is 2.23. The molecule has 23 heavy (non-hydrogen) atoms. The van der Waals surface area contributed by atoms with E-state index in [1.54, 1.807) is 0 Å². The fraction of sp³-hybridized carbons (Fsp3) is 0.350. The number of amides is 1. The molecule has 3 heteroatoms. The van der Waals surface area contributed by atoms with Gasteiger partial charge in [0.1, 0.15) is 0 Å². The van der Waals surface area contributed by atoms with Crippen LogP contribution in [0.25, 0.3) is 0 Å². The molecular weight excluding hydrogens is 284 g/mol. The van der Waals surface area contributed by atoms with Crippen molar-refractivity contribution in [2.75, 3.05) is 11.9 Å². The second-order valence-electron chi connectivity index (χ2n) is 6.88.